The first-order valence-corrected chi connectivity index (χ1v) is 8.80. The summed E-state index contributed by atoms with van der Waals surface area (Å²) in [5, 5.41) is 17.5. The van der Waals surface area contributed by atoms with Crippen molar-refractivity contribution in [1.29, 1.82) is 0 Å². The molecule has 0 saturated heterocycles. The predicted molar refractivity (Wildman–Crippen MR) is 99.2 cm³/mol. The maximum absolute atomic E-state index is 11.1. The number of aromatic nitrogens is 3. The fraction of sp³-hybridized carbons (Fsp3) is 0. The molecule has 4 rings (SSSR count). The van der Waals surface area contributed by atoms with Crippen LogP contribution in [0.2, 0.25) is 10.0 Å². The van der Waals surface area contributed by atoms with Crippen molar-refractivity contribution in [2.45, 2.75) is 0 Å². The Morgan fingerprint density at radius 1 is 1.12 bits per heavy atom. The molecule has 124 valence electrons. The highest BCUT2D eigenvalue weighted by Crippen LogP contribution is 2.33. The normalized spacial score (nSPS) is 11.1. The van der Waals surface area contributed by atoms with E-state index in [4.69, 9.17) is 28.3 Å². The van der Waals surface area contributed by atoms with Gasteiger partial charge in [0.1, 0.15) is 5.69 Å². The fourth-order valence-corrected chi connectivity index (χ4v) is 3.59. The Kier molecular flexibility index (Phi) is 3.95. The first kappa shape index (κ1) is 16.1. The zero-order chi connectivity index (χ0) is 17.6. The van der Waals surface area contributed by atoms with Crippen molar-refractivity contribution in [2.75, 3.05) is 0 Å². The number of hydrogen-bond donors (Lipinski definition) is 1. The van der Waals surface area contributed by atoms with Gasteiger partial charge in [-0.05, 0) is 18.2 Å². The minimum Gasteiger partial charge on any atom is -0.476 e. The number of aromatic carboxylic acids is 1. The van der Waals surface area contributed by atoms with Gasteiger partial charge in [0.05, 0.1) is 15.6 Å². The molecule has 2 aromatic carbocycles. The second-order valence-electron chi connectivity index (χ2n) is 5.23. The molecule has 2 aromatic heterocycles. The van der Waals surface area contributed by atoms with Crippen molar-refractivity contribution in [3.63, 3.8) is 0 Å². The average Bonchev–Trinajstić information content (AvgIpc) is 3.22. The molecule has 8 heteroatoms. The highest BCUT2D eigenvalue weighted by molar-refractivity contribution is 7.12. The van der Waals surface area contributed by atoms with Gasteiger partial charge in [-0.25, -0.2) is 14.5 Å². The Hall–Kier alpha value is -2.41. The van der Waals surface area contributed by atoms with E-state index in [0.29, 0.717) is 15.2 Å². The van der Waals surface area contributed by atoms with Crippen molar-refractivity contribution in [2.24, 2.45) is 0 Å². The SMILES string of the molecule is O=C(O)c1csc(-n2nc(-c3ccc(Cl)c(Cl)c3)c3ccccc32)n1. The quantitative estimate of drug-likeness (QED) is 0.525. The number of nitrogens with zero attached hydrogens (tertiary/aromatic N) is 3. The van der Waals surface area contributed by atoms with Gasteiger partial charge in [-0.3, -0.25) is 0 Å². The van der Waals surface area contributed by atoms with Gasteiger partial charge >= 0.3 is 5.97 Å². The lowest BCUT2D eigenvalue weighted by Crippen LogP contribution is -2.00. The van der Waals surface area contributed by atoms with Crippen LogP contribution in [0.15, 0.2) is 47.8 Å². The molecule has 0 amide bonds. The molecule has 5 nitrogen and oxygen atoms in total. The highest BCUT2D eigenvalue weighted by atomic mass is 35.5. The fourth-order valence-electron chi connectivity index (χ4n) is 2.53. The van der Waals surface area contributed by atoms with Gasteiger partial charge in [0.2, 0.25) is 5.13 Å². The molecule has 4 aromatic rings. The Bertz CT molecular complexity index is 1120. The predicted octanol–water partition coefficient (Wildman–Crippen LogP) is 5.15. The molecular formula is C17H9Cl2N3O2S. The summed E-state index contributed by atoms with van der Waals surface area (Å²) in [5.41, 5.74) is 2.37. The van der Waals surface area contributed by atoms with Gasteiger partial charge in [0.25, 0.3) is 0 Å². The molecular weight excluding hydrogens is 381 g/mol. The van der Waals surface area contributed by atoms with Crippen molar-refractivity contribution in [3.8, 4) is 16.4 Å². The lowest BCUT2D eigenvalue weighted by atomic mass is 10.1. The van der Waals surface area contributed by atoms with Crippen LogP contribution in [0.1, 0.15) is 10.5 Å². The van der Waals surface area contributed by atoms with Gasteiger partial charge in [0.15, 0.2) is 5.69 Å². The van der Waals surface area contributed by atoms with Gasteiger partial charge in [-0.15, -0.1) is 11.3 Å². The smallest absolute Gasteiger partial charge is 0.355 e. The largest absolute Gasteiger partial charge is 0.476 e. The van der Waals surface area contributed by atoms with E-state index in [0.717, 1.165) is 22.2 Å². The summed E-state index contributed by atoms with van der Waals surface area (Å²) in [6, 6.07) is 13.0. The molecule has 0 bridgehead atoms. The van der Waals surface area contributed by atoms with Gasteiger partial charge in [-0.1, -0.05) is 47.5 Å². The van der Waals surface area contributed by atoms with Crippen LogP contribution in [0.5, 0.6) is 0 Å². The molecule has 0 aliphatic rings. The lowest BCUT2D eigenvalue weighted by Gasteiger charge is -2.00. The monoisotopic (exact) mass is 389 g/mol. The van der Waals surface area contributed by atoms with Crippen LogP contribution in [0, 0.1) is 0 Å². The van der Waals surface area contributed by atoms with Crippen molar-refractivity contribution >= 4 is 51.4 Å². The number of carbonyl (C=O) groups is 1. The minimum absolute atomic E-state index is 0.00401. The number of hydrogen-bond acceptors (Lipinski definition) is 4. The van der Waals surface area contributed by atoms with E-state index >= 15 is 0 Å². The zero-order valence-corrected chi connectivity index (χ0v) is 14.8. The number of carboxylic acids is 1. The van der Waals surface area contributed by atoms with Crippen molar-refractivity contribution in [3.05, 3.63) is 63.6 Å². The third-order valence-electron chi connectivity index (χ3n) is 3.67. The minimum atomic E-state index is -1.07. The summed E-state index contributed by atoms with van der Waals surface area (Å²) in [5.74, 6) is -1.07. The summed E-state index contributed by atoms with van der Waals surface area (Å²) in [7, 11) is 0. The molecule has 0 radical (unpaired) electrons. The second kappa shape index (κ2) is 6.15. The van der Waals surface area contributed by atoms with Crippen LogP contribution < -0.4 is 0 Å². The first-order valence-electron chi connectivity index (χ1n) is 7.17. The molecule has 0 atom stereocenters. The first-order chi connectivity index (χ1) is 12.0. The summed E-state index contributed by atoms with van der Waals surface area (Å²) in [6.45, 7) is 0. The van der Waals surface area contributed by atoms with Crippen molar-refractivity contribution < 1.29 is 9.90 Å². The number of halogens is 2. The number of thiazole rings is 1. The van der Waals surface area contributed by atoms with Crippen molar-refractivity contribution in [1.82, 2.24) is 14.8 Å². The van der Waals surface area contributed by atoms with E-state index < -0.39 is 5.97 Å². The average molecular weight is 390 g/mol. The number of benzene rings is 2. The van der Waals surface area contributed by atoms with Crippen LogP contribution in [-0.4, -0.2) is 25.8 Å². The Labute approximate surface area is 156 Å². The third-order valence-corrected chi connectivity index (χ3v) is 5.23. The Morgan fingerprint density at radius 3 is 2.64 bits per heavy atom. The number of fused-ring (bicyclic) bond motifs is 1. The van der Waals surface area contributed by atoms with Gasteiger partial charge in [0, 0.05) is 16.3 Å². The maximum atomic E-state index is 11.1. The van der Waals surface area contributed by atoms with Gasteiger partial charge < -0.3 is 5.11 Å². The molecule has 25 heavy (non-hydrogen) atoms. The van der Waals surface area contributed by atoms with E-state index in [1.807, 2.05) is 30.3 Å². The second-order valence-corrected chi connectivity index (χ2v) is 6.88. The van der Waals surface area contributed by atoms with Crippen LogP contribution in [0.3, 0.4) is 0 Å². The molecule has 0 spiro atoms. The molecule has 2 heterocycles. The molecule has 0 unspecified atom stereocenters. The summed E-state index contributed by atoms with van der Waals surface area (Å²) in [6.07, 6.45) is 0. The van der Waals surface area contributed by atoms with E-state index in [-0.39, 0.29) is 5.69 Å². The number of para-hydroxylation sites is 1. The molecule has 0 fully saturated rings. The molecule has 0 aliphatic heterocycles. The molecule has 1 N–H and O–H groups in total. The highest BCUT2D eigenvalue weighted by Gasteiger charge is 2.17. The van der Waals surface area contributed by atoms with Crippen LogP contribution in [0.4, 0.5) is 0 Å². The third kappa shape index (κ3) is 2.78. The molecule has 0 aliphatic carbocycles. The van der Waals surface area contributed by atoms with E-state index in [9.17, 15) is 4.79 Å². The summed E-state index contributed by atoms with van der Waals surface area (Å²) < 4.78 is 1.64. The maximum Gasteiger partial charge on any atom is 0.355 e. The zero-order valence-electron chi connectivity index (χ0n) is 12.5. The topological polar surface area (TPSA) is 68.0 Å². The van der Waals surface area contributed by atoms with E-state index in [2.05, 4.69) is 10.1 Å². The number of rotatable bonds is 3. The lowest BCUT2D eigenvalue weighted by molar-refractivity contribution is 0.0691. The summed E-state index contributed by atoms with van der Waals surface area (Å²) >= 11 is 13.4. The Balaban J connectivity index is 1.94. The standard InChI is InChI=1S/C17H9Cl2N3O2S/c18-11-6-5-9(7-12(11)19)15-10-3-1-2-4-14(10)22(21-15)17-20-13(8-25-17)16(23)24/h1-8H,(H,23,24). The van der Waals surface area contributed by atoms with Crippen LogP contribution in [-0.2, 0) is 0 Å². The van der Waals surface area contributed by atoms with E-state index in [1.165, 1.54) is 16.7 Å². The Morgan fingerprint density at radius 2 is 1.92 bits per heavy atom. The summed E-state index contributed by atoms with van der Waals surface area (Å²) in [4.78, 5) is 15.2. The van der Waals surface area contributed by atoms with Crippen LogP contribution in [0.25, 0.3) is 27.3 Å². The number of carboxylic acid groups (broad SMARTS) is 1. The molecule has 0 saturated carbocycles. The van der Waals surface area contributed by atoms with Gasteiger partial charge in [-0.2, -0.15) is 5.10 Å². The van der Waals surface area contributed by atoms with E-state index in [1.54, 1.807) is 16.8 Å². The van der Waals surface area contributed by atoms with Crippen LogP contribution >= 0.6 is 34.5 Å².